The third-order valence-electron chi connectivity index (χ3n) is 4.55. The van der Waals surface area contributed by atoms with E-state index < -0.39 is 0 Å². The number of nitrogens with zero attached hydrogens (tertiary/aromatic N) is 1. The van der Waals surface area contributed by atoms with Crippen LogP contribution in [-0.2, 0) is 0 Å². The molecule has 0 aromatic heterocycles. The minimum absolute atomic E-state index is 0.897. The lowest BCUT2D eigenvalue weighted by Crippen LogP contribution is -2.48. The fourth-order valence-electron chi connectivity index (χ4n) is 3.80. The monoisotopic (exact) mass is 195 g/mol. The van der Waals surface area contributed by atoms with Gasteiger partial charge in [-0.05, 0) is 57.0 Å². The van der Waals surface area contributed by atoms with Gasteiger partial charge in [0.05, 0.1) is 0 Å². The quantitative estimate of drug-likeness (QED) is 0.621. The highest BCUT2D eigenvalue weighted by Gasteiger charge is 2.38. The molecular formula is C13H25N. The lowest BCUT2D eigenvalue weighted by atomic mass is 9.67. The molecule has 0 bridgehead atoms. The number of hydrogen-bond donors (Lipinski definition) is 0. The van der Waals surface area contributed by atoms with Crippen LogP contribution in [0.15, 0.2) is 0 Å². The Bertz CT molecular complexity index is 182. The van der Waals surface area contributed by atoms with Crippen molar-refractivity contribution in [3.8, 4) is 0 Å². The van der Waals surface area contributed by atoms with Gasteiger partial charge in [-0.25, -0.2) is 0 Å². The second-order valence-electron chi connectivity index (χ2n) is 5.69. The highest BCUT2D eigenvalue weighted by molar-refractivity contribution is 4.91. The molecule has 1 aliphatic carbocycles. The molecule has 1 heterocycles. The van der Waals surface area contributed by atoms with Crippen LogP contribution < -0.4 is 0 Å². The lowest BCUT2D eigenvalue weighted by molar-refractivity contribution is 0.0256. The van der Waals surface area contributed by atoms with Crippen molar-refractivity contribution in [3.05, 3.63) is 0 Å². The molecule has 3 unspecified atom stereocenters. The molecule has 82 valence electrons. The van der Waals surface area contributed by atoms with E-state index in [1.165, 1.54) is 38.6 Å². The maximum atomic E-state index is 2.63. The predicted octanol–water partition coefficient (Wildman–Crippen LogP) is 3.15. The van der Waals surface area contributed by atoms with Crippen molar-refractivity contribution in [2.75, 3.05) is 13.6 Å². The van der Waals surface area contributed by atoms with Crippen LogP contribution in [0.25, 0.3) is 0 Å². The van der Waals surface area contributed by atoms with E-state index in [1.54, 1.807) is 0 Å². The fourth-order valence-corrected chi connectivity index (χ4v) is 3.80. The summed E-state index contributed by atoms with van der Waals surface area (Å²) in [6.45, 7) is 6.18. The van der Waals surface area contributed by atoms with E-state index in [2.05, 4.69) is 25.8 Å². The summed E-state index contributed by atoms with van der Waals surface area (Å²) in [6, 6.07) is 0.921. The predicted molar refractivity (Wildman–Crippen MR) is 61.3 cm³/mol. The zero-order chi connectivity index (χ0) is 10.1. The summed E-state index contributed by atoms with van der Waals surface area (Å²) in [7, 11) is 2.33. The Balaban J connectivity index is 2.08. The maximum absolute atomic E-state index is 2.63. The van der Waals surface area contributed by atoms with Crippen LogP contribution in [0.1, 0.15) is 46.0 Å². The molecule has 1 nitrogen and oxygen atoms in total. The molecule has 0 aromatic carbocycles. The standard InChI is InChI=1S/C13H25N/c1-10(2)11-6-4-8-13-12(11)7-5-9-14(13)3/h10-13H,4-9H2,1-3H3. The zero-order valence-electron chi connectivity index (χ0n) is 10.00. The molecule has 1 aliphatic heterocycles. The largest absolute Gasteiger partial charge is 0.303 e. The van der Waals surface area contributed by atoms with Gasteiger partial charge in [0.25, 0.3) is 0 Å². The van der Waals surface area contributed by atoms with Crippen LogP contribution >= 0.6 is 0 Å². The summed E-state index contributed by atoms with van der Waals surface area (Å²) in [5.74, 6) is 2.92. The summed E-state index contributed by atoms with van der Waals surface area (Å²) in [5, 5.41) is 0. The van der Waals surface area contributed by atoms with Crippen molar-refractivity contribution >= 4 is 0 Å². The van der Waals surface area contributed by atoms with Crippen LogP contribution in [-0.4, -0.2) is 24.5 Å². The van der Waals surface area contributed by atoms with Crippen LogP contribution in [0, 0.1) is 17.8 Å². The van der Waals surface area contributed by atoms with E-state index in [4.69, 9.17) is 0 Å². The molecule has 2 fully saturated rings. The van der Waals surface area contributed by atoms with E-state index in [0.717, 1.165) is 23.8 Å². The average Bonchev–Trinajstić information content (AvgIpc) is 2.17. The number of fused-ring (bicyclic) bond motifs is 1. The van der Waals surface area contributed by atoms with Gasteiger partial charge < -0.3 is 4.90 Å². The first kappa shape index (κ1) is 10.5. The molecule has 14 heavy (non-hydrogen) atoms. The summed E-state index contributed by atoms with van der Waals surface area (Å²) >= 11 is 0. The van der Waals surface area contributed by atoms with Crippen LogP contribution in [0.5, 0.6) is 0 Å². The van der Waals surface area contributed by atoms with Crippen LogP contribution in [0.4, 0.5) is 0 Å². The summed E-state index contributed by atoms with van der Waals surface area (Å²) in [4.78, 5) is 2.63. The Kier molecular flexibility index (Phi) is 3.16. The smallest absolute Gasteiger partial charge is 0.0123 e. The SMILES string of the molecule is CC(C)C1CCCC2C1CCCN2C. The number of rotatable bonds is 1. The Morgan fingerprint density at radius 2 is 1.86 bits per heavy atom. The third-order valence-corrected chi connectivity index (χ3v) is 4.55. The van der Waals surface area contributed by atoms with Gasteiger partial charge in [0.2, 0.25) is 0 Å². The molecule has 1 heteroatoms. The second kappa shape index (κ2) is 4.22. The highest BCUT2D eigenvalue weighted by Crippen LogP contribution is 2.41. The number of hydrogen-bond acceptors (Lipinski definition) is 1. The van der Waals surface area contributed by atoms with Crippen molar-refractivity contribution in [3.63, 3.8) is 0 Å². The van der Waals surface area contributed by atoms with Crippen molar-refractivity contribution in [1.82, 2.24) is 4.90 Å². The third kappa shape index (κ3) is 1.84. The van der Waals surface area contributed by atoms with E-state index in [1.807, 2.05) is 0 Å². The normalized spacial score (nSPS) is 39.9. The summed E-state index contributed by atoms with van der Waals surface area (Å²) in [6.07, 6.45) is 7.35. The van der Waals surface area contributed by atoms with E-state index in [0.29, 0.717) is 0 Å². The van der Waals surface area contributed by atoms with Gasteiger partial charge in [0.1, 0.15) is 0 Å². The number of likely N-dealkylation sites (tertiary alicyclic amines) is 1. The van der Waals surface area contributed by atoms with Gasteiger partial charge in [-0.3, -0.25) is 0 Å². The summed E-state index contributed by atoms with van der Waals surface area (Å²) in [5.41, 5.74) is 0. The van der Waals surface area contributed by atoms with Crippen molar-refractivity contribution in [1.29, 1.82) is 0 Å². The topological polar surface area (TPSA) is 3.24 Å². The Morgan fingerprint density at radius 3 is 2.57 bits per heavy atom. The molecule has 2 rings (SSSR count). The average molecular weight is 195 g/mol. The molecule has 0 spiro atoms. The van der Waals surface area contributed by atoms with Gasteiger partial charge in [0, 0.05) is 6.04 Å². The molecule has 2 aliphatic rings. The minimum atomic E-state index is 0.897. The molecule has 0 N–H and O–H groups in total. The van der Waals surface area contributed by atoms with Gasteiger partial charge in [0.15, 0.2) is 0 Å². The lowest BCUT2D eigenvalue weighted by Gasteiger charge is -2.47. The van der Waals surface area contributed by atoms with Gasteiger partial charge >= 0.3 is 0 Å². The molecule has 0 amide bonds. The minimum Gasteiger partial charge on any atom is -0.303 e. The fraction of sp³-hybridized carbons (Fsp3) is 1.00. The molecule has 3 atom stereocenters. The van der Waals surface area contributed by atoms with Crippen molar-refractivity contribution < 1.29 is 0 Å². The Hall–Kier alpha value is -0.0400. The highest BCUT2D eigenvalue weighted by atomic mass is 15.1. The maximum Gasteiger partial charge on any atom is 0.0123 e. The van der Waals surface area contributed by atoms with Crippen molar-refractivity contribution in [2.24, 2.45) is 17.8 Å². The Labute approximate surface area is 88.9 Å². The molecule has 0 radical (unpaired) electrons. The second-order valence-corrected chi connectivity index (χ2v) is 5.69. The summed E-state index contributed by atoms with van der Waals surface area (Å²) < 4.78 is 0. The Morgan fingerprint density at radius 1 is 1.07 bits per heavy atom. The first-order chi connectivity index (χ1) is 6.70. The molecule has 1 saturated carbocycles. The van der Waals surface area contributed by atoms with Crippen LogP contribution in [0.2, 0.25) is 0 Å². The van der Waals surface area contributed by atoms with Gasteiger partial charge in [-0.1, -0.05) is 20.3 Å². The van der Waals surface area contributed by atoms with Gasteiger partial charge in [-0.2, -0.15) is 0 Å². The van der Waals surface area contributed by atoms with E-state index >= 15 is 0 Å². The molecular weight excluding hydrogens is 170 g/mol. The molecule has 1 saturated heterocycles. The van der Waals surface area contributed by atoms with E-state index in [9.17, 15) is 0 Å². The van der Waals surface area contributed by atoms with Gasteiger partial charge in [-0.15, -0.1) is 0 Å². The number of piperidine rings is 1. The molecule has 0 aromatic rings. The first-order valence-electron chi connectivity index (χ1n) is 6.40. The zero-order valence-corrected chi connectivity index (χ0v) is 10.00. The van der Waals surface area contributed by atoms with E-state index in [-0.39, 0.29) is 0 Å². The first-order valence-corrected chi connectivity index (χ1v) is 6.40. The van der Waals surface area contributed by atoms with Crippen molar-refractivity contribution in [2.45, 2.75) is 52.0 Å². The van der Waals surface area contributed by atoms with Crippen LogP contribution in [0.3, 0.4) is 0 Å².